The second-order valence-corrected chi connectivity index (χ2v) is 5.90. The highest BCUT2D eigenvalue weighted by molar-refractivity contribution is 9.10. The largest absolute Gasteiger partial charge is 0.325 e. The van der Waals surface area contributed by atoms with Gasteiger partial charge in [-0.05, 0) is 66.2 Å². The van der Waals surface area contributed by atoms with Gasteiger partial charge in [0.15, 0.2) is 0 Å². The number of hydrogen-bond donors (Lipinski definition) is 1. The molecular formula is C13H16BrN3. The van der Waals surface area contributed by atoms with Crippen LogP contribution in [0.3, 0.4) is 0 Å². The predicted molar refractivity (Wildman–Crippen MR) is 72.1 cm³/mol. The zero-order valence-corrected chi connectivity index (χ0v) is 11.5. The summed E-state index contributed by atoms with van der Waals surface area (Å²) in [6.07, 6.45) is 6.38. The van der Waals surface area contributed by atoms with E-state index < -0.39 is 0 Å². The van der Waals surface area contributed by atoms with Crippen molar-refractivity contribution < 1.29 is 0 Å². The van der Waals surface area contributed by atoms with Crippen LogP contribution in [0.2, 0.25) is 0 Å². The number of aryl methyl sites for hydroxylation is 2. The van der Waals surface area contributed by atoms with Gasteiger partial charge in [0.1, 0.15) is 10.3 Å². The van der Waals surface area contributed by atoms with Gasteiger partial charge in [-0.3, -0.25) is 4.40 Å². The zero-order chi connectivity index (χ0) is 12.0. The molecule has 90 valence electrons. The van der Waals surface area contributed by atoms with Gasteiger partial charge in [-0.1, -0.05) is 0 Å². The van der Waals surface area contributed by atoms with Crippen LogP contribution in [0, 0.1) is 6.92 Å². The van der Waals surface area contributed by atoms with E-state index in [0.717, 1.165) is 41.6 Å². The van der Waals surface area contributed by atoms with Crippen molar-refractivity contribution in [3.8, 4) is 0 Å². The zero-order valence-electron chi connectivity index (χ0n) is 9.91. The van der Waals surface area contributed by atoms with E-state index in [9.17, 15) is 0 Å². The molecule has 3 nitrogen and oxygen atoms in total. The van der Waals surface area contributed by atoms with Gasteiger partial charge in [0, 0.05) is 11.7 Å². The van der Waals surface area contributed by atoms with Crippen molar-refractivity contribution in [1.82, 2.24) is 9.38 Å². The second-order valence-electron chi connectivity index (χ2n) is 5.14. The summed E-state index contributed by atoms with van der Waals surface area (Å²) in [7, 11) is 0. The van der Waals surface area contributed by atoms with E-state index >= 15 is 0 Å². The minimum Gasteiger partial charge on any atom is -0.325 e. The molecule has 3 rings (SSSR count). The standard InChI is InChI=1S/C13H16BrN3/c1-9-3-7-17-11(8-9)16-10(12(17)14)2-4-13(15)5-6-13/h3,7-8H,2,4-6,15H2,1H3. The number of fused-ring (bicyclic) bond motifs is 1. The number of aromatic nitrogens is 2. The second kappa shape index (κ2) is 3.82. The molecule has 1 fully saturated rings. The van der Waals surface area contributed by atoms with Crippen LogP contribution in [-0.2, 0) is 6.42 Å². The molecule has 0 atom stereocenters. The minimum atomic E-state index is 0.102. The van der Waals surface area contributed by atoms with Crippen LogP contribution >= 0.6 is 15.9 Å². The minimum absolute atomic E-state index is 0.102. The Kier molecular flexibility index (Phi) is 2.52. The van der Waals surface area contributed by atoms with E-state index in [0.29, 0.717) is 0 Å². The highest BCUT2D eigenvalue weighted by atomic mass is 79.9. The Morgan fingerprint density at radius 1 is 1.53 bits per heavy atom. The molecule has 4 heteroatoms. The molecule has 1 saturated carbocycles. The van der Waals surface area contributed by atoms with Gasteiger partial charge in [0.2, 0.25) is 0 Å². The fourth-order valence-electron chi connectivity index (χ4n) is 2.10. The monoisotopic (exact) mass is 293 g/mol. The van der Waals surface area contributed by atoms with E-state index in [4.69, 9.17) is 5.73 Å². The van der Waals surface area contributed by atoms with Crippen LogP contribution < -0.4 is 5.73 Å². The lowest BCUT2D eigenvalue weighted by molar-refractivity contribution is 0.603. The molecule has 2 aromatic heterocycles. The maximum atomic E-state index is 6.11. The van der Waals surface area contributed by atoms with E-state index in [1.807, 2.05) is 0 Å². The number of imidazole rings is 1. The average Bonchev–Trinajstić information content (AvgIpc) is 2.94. The number of nitrogens with zero attached hydrogens (tertiary/aromatic N) is 2. The number of hydrogen-bond acceptors (Lipinski definition) is 2. The van der Waals surface area contributed by atoms with E-state index in [1.54, 1.807) is 0 Å². The molecule has 17 heavy (non-hydrogen) atoms. The third-order valence-electron chi connectivity index (χ3n) is 3.54. The normalized spacial score (nSPS) is 17.6. The van der Waals surface area contributed by atoms with Crippen molar-refractivity contribution >= 4 is 21.6 Å². The molecule has 2 heterocycles. The summed E-state index contributed by atoms with van der Waals surface area (Å²) >= 11 is 3.62. The Hall–Kier alpha value is -0.870. The Morgan fingerprint density at radius 3 is 3.00 bits per heavy atom. The maximum absolute atomic E-state index is 6.11. The first-order chi connectivity index (χ1) is 8.07. The van der Waals surface area contributed by atoms with Crippen molar-refractivity contribution in [1.29, 1.82) is 0 Å². The first-order valence-corrected chi connectivity index (χ1v) is 6.79. The van der Waals surface area contributed by atoms with Crippen LogP contribution in [0.4, 0.5) is 0 Å². The SMILES string of the molecule is Cc1ccn2c(Br)c(CCC3(N)CC3)nc2c1. The van der Waals surface area contributed by atoms with E-state index in [-0.39, 0.29) is 5.54 Å². The van der Waals surface area contributed by atoms with Crippen LogP contribution in [0.1, 0.15) is 30.5 Å². The molecule has 0 bridgehead atoms. The van der Waals surface area contributed by atoms with Gasteiger partial charge in [-0.25, -0.2) is 4.98 Å². The van der Waals surface area contributed by atoms with Gasteiger partial charge in [-0.15, -0.1) is 0 Å². The third-order valence-corrected chi connectivity index (χ3v) is 4.38. The van der Waals surface area contributed by atoms with Crippen molar-refractivity contribution in [2.75, 3.05) is 0 Å². The molecule has 0 aliphatic heterocycles. The molecular weight excluding hydrogens is 278 g/mol. The molecule has 0 saturated heterocycles. The van der Waals surface area contributed by atoms with E-state index in [2.05, 4.69) is 50.6 Å². The van der Waals surface area contributed by atoms with Crippen LogP contribution in [0.5, 0.6) is 0 Å². The Balaban J connectivity index is 1.91. The summed E-state index contributed by atoms with van der Waals surface area (Å²) in [6.45, 7) is 2.08. The van der Waals surface area contributed by atoms with Gasteiger partial charge < -0.3 is 5.73 Å². The van der Waals surface area contributed by atoms with Crippen LogP contribution in [0.15, 0.2) is 22.9 Å². The van der Waals surface area contributed by atoms with Gasteiger partial charge in [0.05, 0.1) is 5.69 Å². The molecule has 0 aromatic carbocycles. The van der Waals surface area contributed by atoms with Crippen LogP contribution in [0.25, 0.3) is 5.65 Å². The summed E-state index contributed by atoms with van der Waals surface area (Å²) < 4.78 is 3.15. The first kappa shape index (κ1) is 11.2. The molecule has 2 N–H and O–H groups in total. The topological polar surface area (TPSA) is 43.3 Å². The lowest BCUT2D eigenvalue weighted by Gasteiger charge is -2.05. The summed E-state index contributed by atoms with van der Waals surface area (Å²) in [4.78, 5) is 4.66. The van der Waals surface area contributed by atoms with Gasteiger partial charge >= 0.3 is 0 Å². The van der Waals surface area contributed by atoms with Crippen molar-refractivity contribution in [3.63, 3.8) is 0 Å². The Labute approximate surface area is 109 Å². The summed E-state index contributed by atoms with van der Waals surface area (Å²) in [6, 6.07) is 4.19. The summed E-state index contributed by atoms with van der Waals surface area (Å²) in [5, 5.41) is 0. The first-order valence-electron chi connectivity index (χ1n) is 5.99. The van der Waals surface area contributed by atoms with Crippen LogP contribution in [-0.4, -0.2) is 14.9 Å². The Morgan fingerprint density at radius 2 is 2.29 bits per heavy atom. The fourth-order valence-corrected chi connectivity index (χ4v) is 2.69. The highest BCUT2D eigenvalue weighted by Crippen LogP contribution is 2.37. The molecule has 0 radical (unpaired) electrons. The predicted octanol–water partition coefficient (Wildman–Crippen LogP) is 2.83. The average molecular weight is 294 g/mol. The van der Waals surface area contributed by atoms with Crippen molar-refractivity contribution in [3.05, 3.63) is 34.2 Å². The van der Waals surface area contributed by atoms with E-state index in [1.165, 1.54) is 5.56 Å². The molecule has 0 amide bonds. The third kappa shape index (κ3) is 2.11. The number of rotatable bonds is 3. The molecule has 1 aliphatic rings. The highest BCUT2D eigenvalue weighted by Gasteiger charge is 2.37. The van der Waals surface area contributed by atoms with Gasteiger partial charge in [0.25, 0.3) is 0 Å². The number of nitrogens with two attached hydrogens (primary N) is 1. The molecule has 2 aromatic rings. The fraction of sp³-hybridized carbons (Fsp3) is 0.462. The molecule has 0 unspecified atom stereocenters. The van der Waals surface area contributed by atoms with Crippen molar-refractivity contribution in [2.45, 2.75) is 38.1 Å². The molecule has 1 aliphatic carbocycles. The Bertz CT molecular complexity index is 569. The maximum Gasteiger partial charge on any atom is 0.138 e. The quantitative estimate of drug-likeness (QED) is 0.946. The van der Waals surface area contributed by atoms with Gasteiger partial charge in [-0.2, -0.15) is 0 Å². The van der Waals surface area contributed by atoms with Crippen molar-refractivity contribution in [2.24, 2.45) is 5.73 Å². The smallest absolute Gasteiger partial charge is 0.138 e. The lowest BCUT2D eigenvalue weighted by atomic mass is 10.1. The molecule has 0 spiro atoms. The summed E-state index contributed by atoms with van der Waals surface area (Å²) in [5.41, 5.74) is 9.58. The number of pyridine rings is 1. The number of halogens is 1. The lowest BCUT2D eigenvalue weighted by Crippen LogP contribution is -2.22. The summed E-state index contributed by atoms with van der Waals surface area (Å²) in [5.74, 6) is 0.